The van der Waals surface area contributed by atoms with E-state index in [2.05, 4.69) is 56.2 Å². The van der Waals surface area contributed by atoms with Gasteiger partial charge >= 0.3 is 0 Å². The number of fused-ring (bicyclic) bond motifs is 1. The van der Waals surface area contributed by atoms with Gasteiger partial charge < -0.3 is 20.4 Å². The summed E-state index contributed by atoms with van der Waals surface area (Å²) in [6.45, 7) is 6.72. The standard InChI is InChI=1S/C26H32ClN7O/c1-17-14-34(15-18(2)35-17)12-6-7-19-10-11-22(21(27)13-19)31-26-32-24-23(28-16-29-24)25(33-26)30-20-8-4-3-5-9-20/h10-11,13,16-18,20H,3-5,8-9,12,14-15H2,1-2H3,(H3,28,29,30,31,32,33)/t17-,18+. The molecular formula is C26H32ClN7O. The van der Waals surface area contributed by atoms with Gasteiger partial charge in [-0.25, -0.2) is 4.98 Å². The van der Waals surface area contributed by atoms with Crippen molar-refractivity contribution in [2.45, 2.75) is 64.2 Å². The highest BCUT2D eigenvalue weighted by molar-refractivity contribution is 6.33. The molecule has 35 heavy (non-hydrogen) atoms. The lowest BCUT2D eigenvalue weighted by molar-refractivity contribution is -0.0640. The average molecular weight is 494 g/mol. The first kappa shape index (κ1) is 23.9. The Bertz CT molecular complexity index is 1220. The van der Waals surface area contributed by atoms with Gasteiger partial charge in [0.1, 0.15) is 5.52 Å². The molecule has 0 amide bonds. The zero-order chi connectivity index (χ0) is 24.2. The first-order valence-electron chi connectivity index (χ1n) is 12.4. The number of nitrogens with one attached hydrogen (secondary N) is 3. The summed E-state index contributed by atoms with van der Waals surface area (Å²) in [5, 5.41) is 7.41. The maximum atomic E-state index is 6.59. The maximum Gasteiger partial charge on any atom is 0.231 e. The van der Waals surface area contributed by atoms with Gasteiger partial charge in [0.25, 0.3) is 0 Å². The Morgan fingerprint density at radius 3 is 2.71 bits per heavy atom. The van der Waals surface area contributed by atoms with E-state index in [9.17, 15) is 0 Å². The monoisotopic (exact) mass is 493 g/mol. The highest BCUT2D eigenvalue weighted by atomic mass is 35.5. The number of imidazole rings is 1. The molecule has 1 saturated carbocycles. The van der Waals surface area contributed by atoms with Crippen LogP contribution in [0.25, 0.3) is 11.2 Å². The SMILES string of the molecule is C[C@@H]1CN(CC#Cc2ccc(Nc3nc(NC4CCCCC4)c4nc[nH]c4n3)c(Cl)c2)C[C@H](C)O1. The van der Waals surface area contributed by atoms with Crippen molar-refractivity contribution >= 4 is 40.2 Å². The highest BCUT2D eigenvalue weighted by Crippen LogP contribution is 2.28. The van der Waals surface area contributed by atoms with Crippen LogP contribution in [0.2, 0.25) is 5.02 Å². The van der Waals surface area contributed by atoms with Crippen LogP contribution in [-0.4, -0.2) is 62.7 Å². The number of hydrogen-bond donors (Lipinski definition) is 3. The molecule has 1 aliphatic heterocycles. The van der Waals surface area contributed by atoms with Crippen molar-refractivity contribution in [2.75, 3.05) is 30.3 Å². The van der Waals surface area contributed by atoms with Crippen LogP contribution in [0.15, 0.2) is 24.5 Å². The van der Waals surface area contributed by atoms with E-state index in [1.165, 1.54) is 19.3 Å². The van der Waals surface area contributed by atoms with Gasteiger partial charge in [0.2, 0.25) is 5.95 Å². The Hall–Kier alpha value is -2.86. The number of rotatable bonds is 5. The Balaban J connectivity index is 1.28. The lowest BCUT2D eigenvalue weighted by atomic mass is 9.95. The molecule has 0 spiro atoms. The molecule has 0 unspecified atom stereocenters. The van der Waals surface area contributed by atoms with Crippen molar-refractivity contribution in [1.82, 2.24) is 24.8 Å². The third-order valence-corrected chi connectivity index (χ3v) is 6.78. The van der Waals surface area contributed by atoms with Crippen LogP contribution in [-0.2, 0) is 4.74 Å². The number of aromatic nitrogens is 4. The molecule has 5 rings (SSSR count). The first-order valence-corrected chi connectivity index (χ1v) is 12.8. The zero-order valence-corrected chi connectivity index (χ0v) is 21.0. The summed E-state index contributed by atoms with van der Waals surface area (Å²) < 4.78 is 5.79. The molecule has 8 nitrogen and oxygen atoms in total. The number of aromatic amines is 1. The molecule has 0 bridgehead atoms. The number of hydrogen-bond acceptors (Lipinski definition) is 7. The smallest absolute Gasteiger partial charge is 0.231 e. The highest BCUT2D eigenvalue weighted by Gasteiger charge is 2.21. The van der Waals surface area contributed by atoms with Crippen molar-refractivity contribution < 1.29 is 4.74 Å². The van der Waals surface area contributed by atoms with E-state index in [0.29, 0.717) is 29.2 Å². The minimum atomic E-state index is 0.238. The van der Waals surface area contributed by atoms with E-state index in [4.69, 9.17) is 21.3 Å². The molecule has 3 N–H and O–H groups in total. The fourth-order valence-electron chi connectivity index (χ4n) is 4.91. The van der Waals surface area contributed by atoms with Crippen LogP contribution >= 0.6 is 11.6 Å². The lowest BCUT2D eigenvalue weighted by Crippen LogP contribution is -2.45. The number of benzene rings is 1. The predicted octanol–water partition coefficient (Wildman–Crippen LogP) is 4.96. The zero-order valence-electron chi connectivity index (χ0n) is 20.3. The summed E-state index contributed by atoms with van der Waals surface area (Å²) in [5.41, 5.74) is 3.04. The summed E-state index contributed by atoms with van der Waals surface area (Å²) in [5.74, 6) is 7.71. The van der Waals surface area contributed by atoms with Gasteiger partial charge in [0.15, 0.2) is 11.5 Å². The Morgan fingerprint density at radius 2 is 1.94 bits per heavy atom. The predicted molar refractivity (Wildman–Crippen MR) is 140 cm³/mol. The molecule has 184 valence electrons. The molecule has 2 aromatic heterocycles. The molecule has 3 aromatic rings. The summed E-state index contributed by atoms with van der Waals surface area (Å²) in [6.07, 6.45) is 8.21. The van der Waals surface area contributed by atoms with Gasteiger partial charge in [-0.1, -0.05) is 42.7 Å². The van der Waals surface area contributed by atoms with Gasteiger partial charge in [-0.15, -0.1) is 0 Å². The quantitative estimate of drug-likeness (QED) is 0.433. The normalized spacial score (nSPS) is 21.5. The molecule has 0 radical (unpaired) electrons. The van der Waals surface area contributed by atoms with E-state index in [1.54, 1.807) is 6.33 Å². The van der Waals surface area contributed by atoms with Crippen LogP contribution < -0.4 is 10.6 Å². The van der Waals surface area contributed by atoms with E-state index in [1.807, 2.05) is 18.2 Å². The van der Waals surface area contributed by atoms with E-state index in [-0.39, 0.29) is 12.2 Å². The largest absolute Gasteiger partial charge is 0.373 e. The van der Waals surface area contributed by atoms with Gasteiger partial charge in [-0.2, -0.15) is 9.97 Å². The maximum absolute atomic E-state index is 6.59. The van der Waals surface area contributed by atoms with Crippen molar-refractivity contribution in [3.05, 3.63) is 35.1 Å². The van der Waals surface area contributed by atoms with Crippen LogP contribution in [0.5, 0.6) is 0 Å². The van der Waals surface area contributed by atoms with Crippen LogP contribution in [0.1, 0.15) is 51.5 Å². The Labute approximate surface area is 211 Å². The van der Waals surface area contributed by atoms with Crippen molar-refractivity contribution in [3.8, 4) is 11.8 Å². The van der Waals surface area contributed by atoms with E-state index in [0.717, 1.165) is 48.5 Å². The van der Waals surface area contributed by atoms with E-state index < -0.39 is 0 Å². The third kappa shape index (κ3) is 6.04. The molecule has 1 aliphatic carbocycles. The molecule has 1 saturated heterocycles. The minimum Gasteiger partial charge on any atom is -0.373 e. The van der Waals surface area contributed by atoms with Gasteiger partial charge in [-0.05, 0) is 44.9 Å². The summed E-state index contributed by atoms with van der Waals surface area (Å²) >= 11 is 6.59. The molecular weight excluding hydrogens is 462 g/mol. The fourth-order valence-corrected chi connectivity index (χ4v) is 5.14. The second-order valence-corrected chi connectivity index (χ2v) is 9.95. The van der Waals surface area contributed by atoms with Crippen molar-refractivity contribution in [2.24, 2.45) is 0 Å². The summed E-state index contributed by atoms with van der Waals surface area (Å²) in [4.78, 5) is 19.1. The number of ether oxygens (including phenoxy) is 1. The fraction of sp³-hybridized carbons (Fsp3) is 0.500. The molecule has 2 fully saturated rings. The van der Waals surface area contributed by atoms with Crippen LogP contribution in [0.3, 0.4) is 0 Å². The molecule has 3 heterocycles. The van der Waals surface area contributed by atoms with Crippen molar-refractivity contribution in [1.29, 1.82) is 0 Å². The van der Waals surface area contributed by atoms with Crippen molar-refractivity contribution in [3.63, 3.8) is 0 Å². The molecule has 9 heteroatoms. The number of nitrogens with zero attached hydrogens (tertiary/aromatic N) is 4. The minimum absolute atomic E-state index is 0.238. The Morgan fingerprint density at radius 1 is 1.14 bits per heavy atom. The number of halogens is 1. The summed E-state index contributed by atoms with van der Waals surface area (Å²) in [7, 11) is 0. The third-order valence-electron chi connectivity index (χ3n) is 6.47. The van der Waals surface area contributed by atoms with Gasteiger partial charge in [0, 0.05) is 24.7 Å². The lowest BCUT2D eigenvalue weighted by Gasteiger charge is -2.34. The van der Waals surface area contributed by atoms with E-state index >= 15 is 0 Å². The topological polar surface area (TPSA) is 91.0 Å². The average Bonchev–Trinajstić information content (AvgIpc) is 3.30. The van der Waals surface area contributed by atoms with Crippen LogP contribution in [0.4, 0.5) is 17.5 Å². The number of morpholine rings is 1. The van der Waals surface area contributed by atoms with Gasteiger partial charge in [-0.3, -0.25) is 4.90 Å². The second kappa shape index (κ2) is 10.8. The summed E-state index contributed by atoms with van der Waals surface area (Å²) in [6, 6.07) is 6.16. The second-order valence-electron chi connectivity index (χ2n) is 9.55. The molecule has 2 atom stereocenters. The molecule has 1 aromatic carbocycles. The first-order chi connectivity index (χ1) is 17.0. The Kier molecular flexibility index (Phi) is 7.37. The molecule has 2 aliphatic rings. The number of anilines is 3. The number of H-pyrrole nitrogens is 1. The van der Waals surface area contributed by atoms with Gasteiger partial charge in [0.05, 0.1) is 35.8 Å². The van der Waals surface area contributed by atoms with Crippen LogP contribution in [0, 0.1) is 11.8 Å².